The molecule has 22 heavy (non-hydrogen) atoms. The summed E-state index contributed by atoms with van der Waals surface area (Å²) in [4.78, 5) is 11.8. The van der Waals surface area contributed by atoms with E-state index in [2.05, 4.69) is 10.1 Å². The Labute approximate surface area is 131 Å². The summed E-state index contributed by atoms with van der Waals surface area (Å²) in [6.07, 6.45) is -3.77. The van der Waals surface area contributed by atoms with Crippen molar-refractivity contribution in [2.45, 2.75) is 33.1 Å². The van der Waals surface area contributed by atoms with Crippen LogP contribution in [0.25, 0.3) is 0 Å². The summed E-state index contributed by atoms with van der Waals surface area (Å²) in [7, 11) is 0. The summed E-state index contributed by atoms with van der Waals surface area (Å²) in [6, 6.07) is 5.26. The lowest BCUT2D eigenvalue weighted by Gasteiger charge is -2.30. The van der Waals surface area contributed by atoms with Crippen molar-refractivity contribution < 1.29 is 22.7 Å². The number of carbonyl (C=O) groups excluding carboxylic acids is 1. The van der Waals surface area contributed by atoms with Crippen LogP contribution in [-0.2, 0) is 4.79 Å². The second-order valence-corrected chi connectivity index (χ2v) is 6.31. The molecule has 0 fully saturated rings. The van der Waals surface area contributed by atoms with Crippen LogP contribution in [0.15, 0.2) is 35.0 Å². The van der Waals surface area contributed by atoms with Crippen LogP contribution in [0.2, 0.25) is 0 Å². The number of carbonyl (C=O) groups is 1. The van der Waals surface area contributed by atoms with Crippen LogP contribution in [-0.4, -0.2) is 12.1 Å². The van der Waals surface area contributed by atoms with Gasteiger partial charge >= 0.3 is 6.36 Å². The predicted molar refractivity (Wildman–Crippen MR) is 77.6 cm³/mol. The van der Waals surface area contributed by atoms with E-state index in [0.29, 0.717) is 24.2 Å². The lowest BCUT2D eigenvalue weighted by Crippen LogP contribution is -2.26. The van der Waals surface area contributed by atoms with Gasteiger partial charge in [0.1, 0.15) is 10.8 Å². The molecule has 0 spiro atoms. The summed E-state index contributed by atoms with van der Waals surface area (Å²) in [6.45, 7) is 3.91. The molecule has 0 saturated carbocycles. The van der Waals surface area contributed by atoms with Gasteiger partial charge in [0.25, 0.3) is 0 Å². The molecule has 7 heteroatoms. The summed E-state index contributed by atoms with van der Waals surface area (Å²) in [5.41, 5.74) is 0.900. The molecule has 0 unspecified atom stereocenters. The van der Waals surface area contributed by atoms with Crippen LogP contribution in [0, 0.1) is 5.41 Å². The van der Waals surface area contributed by atoms with Crippen molar-refractivity contribution in [1.82, 2.24) is 0 Å². The van der Waals surface area contributed by atoms with Gasteiger partial charge in [-0.1, -0.05) is 25.4 Å². The molecule has 0 heterocycles. The van der Waals surface area contributed by atoms with Crippen molar-refractivity contribution >= 4 is 23.1 Å². The molecule has 1 aromatic rings. The standard InChI is InChI=1S/C15H15ClF3NO2/c1-14(2)7-11(13(16)12(21)8-14)20-9-3-5-10(6-4-9)22-15(17,18)19/h3-6,20H,7-8H2,1-2H3. The van der Waals surface area contributed by atoms with Crippen LogP contribution >= 0.6 is 11.6 Å². The van der Waals surface area contributed by atoms with Gasteiger partial charge in [0.05, 0.1) is 0 Å². The Bertz CT molecular complexity index is 606. The first kappa shape index (κ1) is 16.7. The van der Waals surface area contributed by atoms with E-state index in [9.17, 15) is 18.0 Å². The van der Waals surface area contributed by atoms with E-state index in [1.165, 1.54) is 24.3 Å². The first-order valence-corrected chi connectivity index (χ1v) is 6.98. The highest BCUT2D eigenvalue weighted by Gasteiger charge is 2.33. The quantitative estimate of drug-likeness (QED) is 0.860. The van der Waals surface area contributed by atoms with Gasteiger partial charge in [-0.05, 0) is 36.1 Å². The van der Waals surface area contributed by atoms with Crippen molar-refractivity contribution in [1.29, 1.82) is 0 Å². The Hall–Kier alpha value is -1.69. The van der Waals surface area contributed by atoms with Crippen molar-refractivity contribution in [3.63, 3.8) is 0 Å². The predicted octanol–water partition coefficient (Wildman–Crippen LogP) is 4.84. The molecule has 1 aliphatic carbocycles. The van der Waals surface area contributed by atoms with Gasteiger partial charge in [0.15, 0.2) is 5.78 Å². The zero-order valence-corrected chi connectivity index (χ0v) is 12.8. The summed E-state index contributed by atoms with van der Waals surface area (Å²) in [5.74, 6) is -0.449. The maximum Gasteiger partial charge on any atom is 0.573 e. The second kappa shape index (κ2) is 5.83. The first-order valence-electron chi connectivity index (χ1n) is 6.60. The van der Waals surface area contributed by atoms with Crippen molar-refractivity contribution in [2.24, 2.45) is 5.41 Å². The maximum atomic E-state index is 12.1. The van der Waals surface area contributed by atoms with Gasteiger partial charge in [-0.15, -0.1) is 13.2 Å². The average Bonchev–Trinajstić information content (AvgIpc) is 2.35. The fourth-order valence-electron chi connectivity index (χ4n) is 2.31. The third-order valence-electron chi connectivity index (χ3n) is 3.19. The van der Waals surface area contributed by atoms with Crippen molar-refractivity contribution in [3.8, 4) is 5.75 Å². The van der Waals surface area contributed by atoms with Crippen LogP contribution in [0.3, 0.4) is 0 Å². The molecular weight excluding hydrogens is 319 g/mol. The molecule has 0 radical (unpaired) electrons. The number of benzene rings is 1. The summed E-state index contributed by atoms with van der Waals surface area (Å²) < 4.78 is 40.1. The van der Waals surface area contributed by atoms with Gasteiger partial charge in [0.2, 0.25) is 0 Å². The van der Waals surface area contributed by atoms with Crippen LogP contribution in [0.5, 0.6) is 5.75 Å². The molecule has 0 saturated heterocycles. The van der Waals surface area contributed by atoms with Gasteiger partial charge < -0.3 is 10.1 Å². The topological polar surface area (TPSA) is 38.3 Å². The number of ether oxygens (including phenoxy) is 1. The minimum atomic E-state index is -4.72. The Kier molecular flexibility index (Phi) is 4.42. The van der Waals surface area contributed by atoms with E-state index in [0.717, 1.165) is 0 Å². The number of rotatable bonds is 3. The molecule has 1 aromatic carbocycles. The smallest absolute Gasteiger partial charge is 0.406 e. The second-order valence-electron chi connectivity index (χ2n) is 5.93. The Morgan fingerprint density at radius 2 is 1.77 bits per heavy atom. The van der Waals surface area contributed by atoms with Crippen molar-refractivity contribution in [2.75, 3.05) is 5.32 Å². The molecule has 2 rings (SSSR count). The number of hydrogen-bond donors (Lipinski definition) is 1. The number of Topliss-reactive ketones (excluding diaryl/α,β-unsaturated/α-hetero) is 1. The molecule has 0 aliphatic heterocycles. The molecule has 1 aliphatic rings. The van der Waals surface area contributed by atoms with Gasteiger partial charge in [0, 0.05) is 17.8 Å². The van der Waals surface area contributed by atoms with Gasteiger partial charge in [-0.3, -0.25) is 4.79 Å². The van der Waals surface area contributed by atoms with Crippen molar-refractivity contribution in [3.05, 3.63) is 35.0 Å². The zero-order chi connectivity index (χ0) is 16.5. The molecular formula is C15H15ClF3NO2. The molecule has 1 N–H and O–H groups in total. The number of anilines is 1. The highest BCUT2D eigenvalue weighted by atomic mass is 35.5. The first-order chi connectivity index (χ1) is 10.1. The van der Waals surface area contributed by atoms with E-state index in [1.54, 1.807) is 0 Å². The van der Waals surface area contributed by atoms with E-state index < -0.39 is 6.36 Å². The fraction of sp³-hybridized carbons (Fsp3) is 0.400. The lowest BCUT2D eigenvalue weighted by molar-refractivity contribution is -0.274. The molecule has 0 aromatic heterocycles. The van der Waals surface area contributed by atoms with Crippen LogP contribution < -0.4 is 10.1 Å². The summed E-state index contributed by atoms with van der Waals surface area (Å²) >= 11 is 6.02. The van der Waals surface area contributed by atoms with Gasteiger partial charge in [-0.2, -0.15) is 0 Å². The normalized spacial score (nSPS) is 18.4. The number of hydrogen-bond acceptors (Lipinski definition) is 3. The monoisotopic (exact) mass is 333 g/mol. The Balaban J connectivity index is 2.14. The Morgan fingerprint density at radius 1 is 1.18 bits per heavy atom. The molecule has 0 amide bonds. The third kappa shape index (κ3) is 4.40. The number of halogens is 4. The average molecular weight is 334 g/mol. The van der Waals surface area contributed by atoms with E-state index in [4.69, 9.17) is 11.6 Å². The van der Waals surface area contributed by atoms with E-state index >= 15 is 0 Å². The SMILES string of the molecule is CC1(C)CC(=O)C(Cl)=C(Nc2ccc(OC(F)(F)F)cc2)C1. The molecule has 0 bridgehead atoms. The molecule has 120 valence electrons. The minimum absolute atomic E-state index is 0.141. The highest BCUT2D eigenvalue weighted by Crippen LogP contribution is 2.38. The van der Waals surface area contributed by atoms with Crippen LogP contribution in [0.4, 0.5) is 18.9 Å². The fourth-order valence-corrected chi connectivity index (χ4v) is 2.49. The number of allylic oxidation sites excluding steroid dienone is 2. The Morgan fingerprint density at radius 3 is 2.32 bits per heavy atom. The molecule has 0 atom stereocenters. The summed E-state index contributed by atoms with van der Waals surface area (Å²) in [5, 5.41) is 3.14. The lowest BCUT2D eigenvalue weighted by atomic mass is 9.78. The molecule has 3 nitrogen and oxygen atoms in total. The number of ketones is 1. The van der Waals surface area contributed by atoms with E-state index in [1.807, 2.05) is 13.8 Å². The largest absolute Gasteiger partial charge is 0.573 e. The zero-order valence-electron chi connectivity index (χ0n) is 12.1. The third-order valence-corrected chi connectivity index (χ3v) is 3.63. The van der Waals surface area contributed by atoms with Crippen LogP contribution in [0.1, 0.15) is 26.7 Å². The van der Waals surface area contributed by atoms with E-state index in [-0.39, 0.29) is 22.0 Å². The number of alkyl halides is 3. The van der Waals surface area contributed by atoms with Gasteiger partial charge in [-0.25, -0.2) is 0 Å². The number of nitrogens with one attached hydrogen (secondary N) is 1. The highest BCUT2D eigenvalue weighted by molar-refractivity contribution is 6.43. The minimum Gasteiger partial charge on any atom is -0.406 e. The maximum absolute atomic E-state index is 12.1.